The van der Waals surface area contributed by atoms with Gasteiger partial charge in [-0.05, 0) is 29.9 Å². The van der Waals surface area contributed by atoms with E-state index in [2.05, 4.69) is 5.32 Å². The van der Waals surface area contributed by atoms with Gasteiger partial charge < -0.3 is 10.4 Å². The number of carboxylic acid groups (broad SMARTS) is 1. The Morgan fingerprint density at radius 3 is 2.50 bits per heavy atom. The van der Waals surface area contributed by atoms with Crippen LogP contribution in [0, 0.1) is 11.8 Å². The van der Waals surface area contributed by atoms with Gasteiger partial charge in [0.2, 0.25) is 5.91 Å². The molecule has 1 aromatic carbocycles. The molecule has 0 bridgehead atoms. The highest BCUT2D eigenvalue weighted by atomic mass is 19.4. The van der Waals surface area contributed by atoms with Crippen LogP contribution in [0.5, 0.6) is 0 Å². The Bertz CT molecular complexity index is 630. The van der Waals surface area contributed by atoms with E-state index in [1.165, 1.54) is 18.2 Å². The molecule has 0 heterocycles. The summed E-state index contributed by atoms with van der Waals surface area (Å²) < 4.78 is 39.2. The van der Waals surface area contributed by atoms with E-state index < -0.39 is 41.5 Å². The van der Waals surface area contributed by atoms with Gasteiger partial charge in [-0.1, -0.05) is 38.5 Å². The predicted octanol–water partition coefficient (Wildman–Crippen LogP) is 3.42. The van der Waals surface area contributed by atoms with Gasteiger partial charge in [-0.15, -0.1) is 0 Å². The van der Waals surface area contributed by atoms with Crippen LogP contribution in [0.25, 0.3) is 0 Å². The minimum absolute atomic E-state index is 0.0977. The molecule has 1 aliphatic carbocycles. The molecule has 0 aliphatic heterocycles. The molecule has 1 aliphatic rings. The summed E-state index contributed by atoms with van der Waals surface area (Å²) in [7, 11) is 0. The number of rotatable bonds is 6. The van der Waals surface area contributed by atoms with Crippen molar-refractivity contribution in [2.45, 2.75) is 44.8 Å². The number of nitrogens with one attached hydrogen (secondary N) is 1. The second-order valence-corrected chi connectivity index (χ2v) is 6.24. The van der Waals surface area contributed by atoms with Gasteiger partial charge in [0.25, 0.3) is 0 Å². The first-order valence-electron chi connectivity index (χ1n) is 7.86. The van der Waals surface area contributed by atoms with Gasteiger partial charge in [-0.25, -0.2) is 4.79 Å². The average molecular weight is 343 g/mol. The molecule has 1 amide bonds. The highest BCUT2D eigenvalue weighted by Gasteiger charge is 2.48. The number of halogens is 3. The monoisotopic (exact) mass is 343 g/mol. The first-order valence-corrected chi connectivity index (χ1v) is 7.86. The maximum Gasteiger partial charge on any atom is 0.416 e. The minimum atomic E-state index is -4.47. The lowest BCUT2D eigenvalue weighted by Gasteiger charge is -2.20. The summed E-state index contributed by atoms with van der Waals surface area (Å²) in [5, 5.41) is 11.7. The van der Waals surface area contributed by atoms with Crippen LogP contribution < -0.4 is 5.32 Å². The molecule has 4 unspecified atom stereocenters. The summed E-state index contributed by atoms with van der Waals surface area (Å²) in [6.45, 7) is 3.52. The molecule has 24 heavy (non-hydrogen) atoms. The Labute approximate surface area is 138 Å². The van der Waals surface area contributed by atoms with Crippen LogP contribution in [-0.4, -0.2) is 23.0 Å². The summed E-state index contributed by atoms with van der Waals surface area (Å²) in [5.41, 5.74) is -0.637. The van der Waals surface area contributed by atoms with Gasteiger partial charge in [0.1, 0.15) is 6.04 Å². The van der Waals surface area contributed by atoms with Crippen LogP contribution in [0.2, 0.25) is 0 Å². The fourth-order valence-corrected chi connectivity index (χ4v) is 2.85. The molecule has 2 rings (SSSR count). The first kappa shape index (κ1) is 18.3. The summed E-state index contributed by atoms with van der Waals surface area (Å²) in [6.07, 6.45) is -3.60. The maximum absolute atomic E-state index is 13.1. The minimum Gasteiger partial charge on any atom is -0.480 e. The van der Waals surface area contributed by atoms with E-state index in [9.17, 15) is 27.9 Å². The molecule has 0 saturated heterocycles. The number of amides is 1. The van der Waals surface area contributed by atoms with E-state index in [0.717, 1.165) is 6.07 Å². The third-order valence-electron chi connectivity index (χ3n) is 4.57. The van der Waals surface area contributed by atoms with Gasteiger partial charge >= 0.3 is 12.1 Å². The number of hydrogen-bond donors (Lipinski definition) is 2. The van der Waals surface area contributed by atoms with Crippen LogP contribution in [0.3, 0.4) is 0 Å². The van der Waals surface area contributed by atoms with Crippen molar-refractivity contribution in [2.24, 2.45) is 11.8 Å². The smallest absolute Gasteiger partial charge is 0.416 e. The third-order valence-corrected chi connectivity index (χ3v) is 4.57. The largest absolute Gasteiger partial charge is 0.480 e. The molecule has 1 aromatic rings. The normalized spacial score (nSPS) is 22.5. The van der Waals surface area contributed by atoms with Crippen LogP contribution >= 0.6 is 0 Å². The molecule has 1 fully saturated rings. The Hall–Kier alpha value is -2.05. The molecule has 0 spiro atoms. The SMILES string of the molecule is CCC(C)C(NC(=O)C1CC1c1ccccc1C(F)(F)F)C(=O)O. The maximum atomic E-state index is 13.1. The van der Waals surface area contributed by atoms with Gasteiger partial charge in [-0.3, -0.25) is 4.79 Å². The van der Waals surface area contributed by atoms with Crippen LogP contribution in [0.4, 0.5) is 13.2 Å². The summed E-state index contributed by atoms with van der Waals surface area (Å²) >= 11 is 0. The molecule has 0 aromatic heterocycles. The van der Waals surface area contributed by atoms with Crippen molar-refractivity contribution in [3.63, 3.8) is 0 Å². The lowest BCUT2D eigenvalue weighted by Crippen LogP contribution is -2.45. The topological polar surface area (TPSA) is 66.4 Å². The highest BCUT2D eigenvalue weighted by Crippen LogP contribution is 2.51. The number of alkyl halides is 3. The second-order valence-electron chi connectivity index (χ2n) is 6.24. The number of carbonyl (C=O) groups is 2. The summed E-state index contributed by atoms with van der Waals surface area (Å²) in [4.78, 5) is 23.5. The van der Waals surface area contributed by atoms with Gasteiger partial charge in [-0.2, -0.15) is 13.2 Å². The quantitative estimate of drug-likeness (QED) is 0.832. The van der Waals surface area contributed by atoms with Crippen LogP contribution in [0.1, 0.15) is 43.7 Å². The third kappa shape index (κ3) is 3.88. The van der Waals surface area contributed by atoms with Crippen molar-refractivity contribution in [1.82, 2.24) is 5.32 Å². The zero-order valence-corrected chi connectivity index (χ0v) is 13.4. The fraction of sp³-hybridized carbons (Fsp3) is 0.529. The van der Waals surface area contributed by atoms with Crippen molar-refractivity contribution < 1.29 is 27.9 Å². The number of aliphatic carboxylic acids is 1. The lowest BCUT2D eigenvalue weighted by molar-refractivity contribution is -0.143. The number of carbonyl (C=O) groups excluding carboxylic acids is 1. The number of benzene rings is 1. The van der Waals surface area contributed by atoms with Crippen molar-refractivity contribution >= 4 is 11.9 Å². The standard InChI is InChI=1S/C17H20F3NO3/c1-3-9(2)14(16(23)24)21-15(22)12-8-11(12)10-6-4-5-7-13(10)17(18,19)20/h4-7,9,11-12,14H,3,8H2,1-2H3,(H,21,22)(H,23,24). The van der Waals surface area contributed by atoms with Crippen molar-refractivity contribution in [1.29, 1.82) is 0 Å². The van der Waals surface area contributed by atoms with E-state index in [0.29, 0.717) is 12.8 Å². The van der Waals surface area contributed by atoms with Gasteiger partial charge in [0.05, 0.1) is 5.56 Å². The first-order chi connectivity index (χ1) is 11.2. The predicted molar refractivity (Wildman–Crippen MR) is 81.3 cm³/mol. The molecule has 7 heteroatoms. The molecule has 2 N–H and O–H groups in total. The van der Waals surface area contributed by atoms with Crippen LogP contribution in [0.15, 0.2) is 24.3 Å². The Kier molecular flexibility index (Phi) is 5.20. The lowest BCUT2D eigenvalue weighted by atomic mass is 9.98. The zero-order chi connectivity index (χ0) is 18.1. The van der Waals surface area contributed by atoms with E-state index in [1.54, 1.807) is 6.92 Å². The molecule has 1 saturated carbocycles. The zero-order valence-electron chi connectivity index (χ0n) is 13.4. The van der Waals surface area contributed by atoms with Crippen molar-refractivity contribution in [3.05, 3.63) is 35.4 Å². The van der Waals surface area contributed by atoms with Crippen molar-refractivity contribution in [2.75, 3.05) is 0 Å². The average Bonchev–Trinajstić information content (AvgIpc) is 3.31. The Morgan fingerprint density at radius 2 is 1.96 bits per heavy atom. The Balaban J connectivity index is 2.10. The van der Waals surface area contributed by atoms with E-state index in [-0.39, 0.29) is 11.5 Å². The van der Waals surface area contributed by atoms with Gasteiger partial charge in [0, 0.05) is 5.92 Å². The number of carboxylic acids is 1. The Morgan fingerprint density at radius 1 is 1.33 bits per heavy atom. The molecule has 132 valence electrons. The molecule has 4 atom stereocenters. The van der Waals surface area contributed by atoms with E-state index in [1.807, 2.05) is 6.92 Å². The van der Waals surface area contributed by atoms with Crippen LogP contribution in [-0.2, 0) is 15.8 Å². The van der Waals surface area contributed by atoms with E-state index in [4.69, 9.17) is 0 Å². The summed E-state index contributed by atoms with van der Waals surface area (Å²) in [6, 6.07) is 4.18. The molecular weight excluding hydrogens is 323 g/mol. The van der Waals surface area contributed by atoms with Crippen molar-refractivity contribution in [3.8, 4) is 0 Å². The summed E-state index contributed by atoms with van der Waals surface area (Å²) in [5.74, 6) is -3.02. The molecule has 0 radical (unpaired) electrons. The fourth-order valence-electron chi connectivity index (χ4n) is 2.85. The van der Waals surface area contributed by atoms with E-state index >= 15 is 0 Å². The number of hydrogen-bond acceptors (Lipinski definition) is 2. The molecule has 4 nitrogen and oxygen atoms in total. The van der Waals surface area contributed by atoms with Gasteiger partial charge in [0.15, 0.2) is 0 Å². The highest BCUT2D eigenvalue weighted by molar-refractivity contribution is 5.87. The molecular formula is C17H20F3NO3. The second kappa shape index (κ2) is 6.83.